The number of carbonyl (C=O) groups is 1. The molecule has 2 rings (SSSR count). The summed E-state index contributed by atoms with van der Waals surface area (Å²) < 4.78 is 38.2. The summed E-state index contributed by atoms with van der Waals surface area (Å²) in [4.78, 5) is 13.0. The molecule has 0 radical (unpaired) electrons. The summed E-state index contributed by atoms with van der Waals surface area (Å²) >= 11 is 5.52. The van der Waals surface area contributed by atoms with Crippen LogP contribution in [0.3, 0.4) is 0 Å². The molecule has 100 valence electrons. The molecule has 2 nitrogen and oxygen atoms in total. The predicted octanol–water partition coefficient (Wildman–Crippen LogP) is 3.34. The van der Waals surface area contributed by atoms with Crippen molar-refractivity contribution < 1.29 is 18.0 Å². The monoisotopic (exact) mass is 287 g/mol. The molecule has 0 bridgehead atoms. The lowest BCUT2D eigenvalue weighted by atomic mass is 10.1. The Morgan fingerprint density at radius 1 is 1.42 bits per heavy atom. The summed E-state index contributed by atoms with van der Waals surface area (Å²) in [5, 5.41) is -0.392. The van der Waals surface area contributed by atoms with Crippen molar-refractivity contribution in [2.24, 2.45) is 5.92 Å². The zero-order valence-electron chi connectivity index (χ0n) is 9.67. The summed E-state index contributed by atoms with van der Waals surface area (Å²) in [6.45, 7) is 0.230. The topological polar surface area (TPSA) is 20.3 Å². The fourth-order valence-corrected chi connectivity index (χ4v) is 2.19. The van der Waals surface area contributed by atoms with Gasteiger partial charge in [-0.1, -0.05) is 11.6 Å². The van der Waals surface area contributed by atoms with Crippen LogP contribution < -0.4 is 4.90 Å². The Morgan fingerprint density at radius 2 is 2.11 bits per heavy atom. The van der Waals surface area contributed by atoms with E-state index in [4.69, 9.17) is 18.0 Å². The number of carbonyl (C=O) groups excluding carboxylic acids is 1. The molecular weight excluding hydrogens is 279 g/mol. The third-order valence-electron chi connectivity index (χ3n) is 2.93. The number of rotatable bonds is 1. The van der Waals surface area contributed by atoms with Gasteiger partial charge < -0.3 is 4.90 Å². The number of anilines is 1. The van der Waals surface area contributed by atoms with Crippen LogP contribution in [-0.2, 0) is 11.0 Å². The Bertz CT molecular complexity index is 562. The summed E-state index contributed by atoms with van der Waals surface area (Å²) in [6.07, 6.45) is 0.829. The molecule has 1 saturated heterocycles. The van der Waals surface area contributed by atoms with E-state index in [1.165, 1.54) is 11.0 Å². The molecule has 1 fully saturated rings. The van der Waals surface area contributed by atoms with Crippen LogP contribution in [0.1, 0.15) is 12.0 Å². The minimum Gasteiger partial charge on any atom is -0.311 e. The van der Waals surface area contributed by atoms with Crippen LogP contribution in [0, 0.1) is 18.3 Å². The second-order valence-corrected chi connectivity index (χ2v) is 4.64. The first-order valence-corrected chi connectivity index (χ1v) is 5.84. The fraction of sp³-hybridized carbons (Fsp3) is 0.308. The van der Waals surface area contributed by atoms with Crippen molar-refractivity contribution in [3.8, 4) is 12.3 Å². The summed E-state index contributed by atoms with van der Waals surface area (Å²) in [5.41, 5.74) is -0.789. The minimum absolute atomic E-state index is 0.153. The average molecular weight is 288 g/mol. The highest BCUT2D eigenvalue weighted by molar-refractivity contribution is 6.31. The van der Waals surface area contributed by atoms with Crippen LogP contribution in [0.15, 0.2) is 18.2 Å². The molecule has 19 heavy (non-hydrogen) atoms. The number of nitrogens with zero attached hydrogens (tertiary/aromatic N) is 1. The van der Waals surface area contributed by atoms with Gasteiger partial charge >= 0.3 is 6.18 Å². The first-order valence-electron chi connectivity index (χ1n) is 5.46. The molecule has 6 heteroatoms. The number of hydrogen-bond acceptors (Lipinski definition) is 1. The van der Waals surface area contributed by atoms with E-state index in [1.54, 1.807) is 0 Å². The molecule has 0 aromatic heterocycles. The predicted molar refractivity (Wildman–Crippen MR) is 65.7 cm³/mol. The second-order valence-electron chi connectivity index (χ2n) is 4.23. The normalized spacial score (nSPS) is 19.6. The van der Waals surface area contributed by atoms with Crippen LogP contribution in [0.2, 0.25) is 5.02 Å². The standard InChI is InChI=1S/C13H9ClF3NO/c1-2-8-5-12(19)18(7-8)9-3-4-11(14)10(6-9)13(15,16)17/h1,3-4,6,8H,5,7H2. The summed E-state index contributed by atoms with van der Waals surface area (Å²) in [7, 11) is 0. The number of halogens is 4. The Labute approximate surface area is 113 Å². The van der Waals surface area contributed by atoms with E-state index in [0.717, 1.165) is 12.1 Å². The maximum Gasteiger partial charge on any atom is 0.417 e. The van der Waals surface area contributed by atoms with E-state index in [2.05, 4.69) is 5.92 Å². The maximum absolute atomic E-state index is 12.7. The molecule has 1 unspecified atom stereocenters. The highest BCUT2D eigenvalue weighted by Gasteiger charge is 2.35. The number of hydrogen-bond donors (Lipinski definition) is 0. The van der Waals surface area contributed by atoms with Gasteiger partial charge in [-0.15, -0.1) is 12.3 Å². The smallest absolute Gasteiger partial charge is 0.311 e. The molecule has 1 atom stereocenters. The van der Waals surface area contributed by atoms with Crippen LogP contribution in [0.4, 0.5) is 18.9 Å². The van der Waals surface area contributed by atoms with Gasteiger partial charge in [0.25, 0.3) is 0 Å². The molecule has 1 aliphatic heterocycles. The van der Waals surface area contributed by atoms with E-state index in [0.29, 0.717) is 0 Å². The van der Waals surface area contributed by atoms with Gasteiger partial charge in [0.1, 0.15) is 0 Å². The average Bonchev–Trinajstić information content (AvgIpc) is 2.70. The number of alkyl halides is 3. The van der Waals surface area contributed by atoms with Gasteiger partial charge in [-0.05, 0) is 18.2 Å². The molecule has 0 N–H and O–H groups in total. The van der Waals surface area contributed by atoms with Crippen molar-refractivity contribution >= 4 is 23.2 Å². The number of terminal acetylenes is 1. The van der Waals surface area contributed by atoms with Crippen molar-refractivity contribution in [3.63, 3.8) is 0 Å². The lowest BCUT2D eigenvalue weighted by molar-refractivity contribution is -0.137. The quantitative estimate of drug-likeness (QED) is 0.726. The molecule has 1 amide bonds. The first kappa shape index (κ1) is 13.8. The molecule has 0 spiro atoms. The SMILES string of the molecule is C#CC1CC(=O)N(c2ccc(Cl)c(C(F)(F)F)c2)C1. The largest absolute Gasteiger partial charge is 0.417 e. The third-order valence-corrected chi connectivity index (χ3v) is 3.26. The minimum atomic E-state index is -4.55. The van der Waals surface area contributed by atoms with Gasteiger partial charge in [0.05, 0.1) is 10.6 Å². The van der Waals surface area contributed by atoms with Crippen LogP contribution in [-0.4, -0.2) is 12.5 Å². The maximum atomic E-state index is 12.7. The Kier molecular flexibility index (Phi) is 3.46. The van der Waals surface area contributed by atoms with Crippen molar-refractivity contribution in [3.05, 3.63) is 28.8 Å². The highest BCUT2D eigenvalue weighted by Crippen LogP contribution is 2.37. The van der Waals surface area contributed by atoms with E-state index in [-0.39, 0.29) is 30.5 Å². The lowest BCUT2D eigenvalue weighted by Gasteiger charge is -2.18. The van der Waals surface area contributed by atoms with Gasteiger partial charge in [-0.25, -0.2) is 0 Å². The van der Waals surface area contributed by atoms with Crippen LogP contribution in [0.5, 0.6) is 0 Å². The number of amides is 1. The summed E-state index contributed by atoms with van der Waals surface area (Å²) in [6, 6.07) is 3.39. The summed E-state index contributed by atoms with van der Waals surface area (Å²) in [5.74, 6) is 1.89. The molecule has 0 saturated carbocycles. The molecular formula is C13H9ClF3NO. The Hall–Kier alpha value is -1.67. The van der Waals surface area contributed by atoms with Crippen LogP contribution in [0.25, 0.3) is 0 Å². The van der Waals surface area contributed by atoms with Crippen LogP contribution >= 0.6 is 11.6 Å². The van der Waals surface area contributed by atoms with Crippen molar-refractivity contribution in [1.29, 1.82) is 0 Å². The Morgan fingerprint density at radius 3 is 2.63 bits per heavy atom. The van der Waals surface area contributed by atoms with Gasteiger partial charge in [0.2, 0.25) is 5.91 Å². The third kappa shape index (κ3) is 2.69. The zero-order valence-corrected chi connectivity index (χ0v) is 10.4. The van der Waals surface area contributed by atoms with Crippen molar-refractivity contribution in [2.75, 3.05) is 11.4 Å². The fourth-order valence-electron chi connectivity index (χ4n) is 1.97. The molecule has 1 aromatic rings. The van der Waals surface area contributed by atoms with Crippen molar-refractivity contribution in [2.45, 2.75) is 12.6 Å². The van der Waals surface area contributed by atoms with E-state index in [9.17, 15) is 18.0 Å². The molecule has 1 heterocycles. The van der Waals surface area contributed by atoms with Gasteiger partial charge in [0.15, 0.2) is 0 Å². The van der Waals surface area contributed by atoms with E-state index < -0.39 is 16.8 Å². The molecule has 1 aromatic carbocycles. The number of benzene rings is 1. The molecule has 0 aliphatic carbocycles. The zero-order chi connectivity index (χ0) is 14.2. The van der Waals surface area contributed by atoms with Crippen molar-refractivity contribution in [1.82, 2.24) is 0 Å². The highest BCUT2D eigenvalue weighted by atomic mass is 35.5. The van der Waals surface area contributed by atoms with Gasteiger partial charge in [-0.3, -0.25) is 4.79 Å². The van der Waals surface area contributed by atoms with Gasteiger partial charge in [0, 0.05) is 24.6 Å². The van der Waals surface area contributed by atoms with E-state index >= 15 is 0 Å². The first-order chi connectivity index (χ1) is 8.82. The molecule has 1 aliphatic rings. The second kappa shape index (κ2) is 4.78. The van der Waals surface area contributed by atoms with Gasteiger partial charge in [-0.2, -0.15) is 13.2 Å². The lowest BCUT2D eigenvalue weighted by Crippen LogP contribution is -2.24. The van der Waals surface area contributed by atoms with E-state index in [1.807, 2.05) is 0 Å². The Balaban J connectivity index is 2.38.